The average molecular weight is 279 g/mol. The molecule has 0 radical (unpaired) electrons. The summed E-state index contributed by atoms with van der Waals surface area (Å²) in [6.45, 7) is 0. The first-order valence-electron chi connectivity index (χ1n) is 5.84. The molecule has 1 aliphatic carbocycles. The molecule has 0 unspecified atom stereocenters. The summed E-state index contributed by atoms with van der Waals surface area (Å²) in [5.74, 6) is 0.623. The van der Waals surface area contributed by atoms with Gasteiger partial charge in [0.05, 0.1) is 5.54 Å². The van der Waals surface area contributed by atoms with Gasteiger partial charge in [-0.1, -0.05) is 18.9 Å². The highest BCUT2D eigenvalue weighted by molar-refractivity contribution is 6.18. The van der Waals surface area contributed by atoms with Crippen LogP contribution in [0.4, 0.5) is 19.0 Å². The van der Waals surface area contributed by atoms with Crippen molar-refractivity contribution in [2.45, 2.75) is 37.4 Å². The lowest BCUT2D eigenvalue weighted by Crippen LogP contribution is -2.37. The molecule has 1 aromatic heterocycles. The first-order valence-corrected chi connectivity index (χ1v) is 6.37. The summed E-state index contributed by atoms with van der Waals surface area (Å²) < 4.78 is 37.6. The molecule has 1 fully saturated rings. The van der Waals surface area contributed by atoms with Crippen molar-refractivity contribution < 1.29 is 13.2 Å². The molecule has 0 atom stereocenters. The number of nitrogens with one attached hydrogen (secondary N) is 1. The second-order valence-electron chi connectivity index (χ2n) is 4.65. The SMILES string of the molecule is FC(F)(F)c1cccc(NC2(CCl)CCCC2)n1. The molecular formula is C12H14ClF3N2. The maximum Gasteiger partial charge on any atom is 0.433 e. The van der Waals surface area contributed by atoms with Gasteiger partial charge in [-0.25, -0.2) is 4.98 Å². The Labute approximate surface area is 109 Å². The number of hydrogen-bond acceptors (Lipinski definition) is 2. The minimum absolute atomic E-state index is 0.243. The van der Waals surface area contributed by atoms with Crippen LogP contribution in [0.3, 0.4) is 0 Å². The van der Waals surface area contributed by atoms with Crippen molar-refractivity contribution in [3.8, 4) is 0 Å². The van der Waals surface area contributed by atoms with Gasteiger partial charge in [0, 0.05) is 5.88 Å². The first-order chi connectivity index (χ1) is 8.45. The van der Waals surface area contributed by atoms with Gasteiger partial charge in [0.15, 0.2) is 0 Å². The molecule has 6 heteroatoms. The Balaban J connectivity index is 2.19. The highest BCUT2D eigenvalue weighted by Crippen LogP contribution is 2.34. The third-order valence-electron chi connectivity index (χ3n) is 3.25. The largest absolute Gasteiger partial charge is 0.433 e. The topological polar surface area (TPSA) is 24.9 Å². The van der Waals surface area contributed by atoms with Gasteiger partial charge < -0.3 is 5.32 Å². The van der Waals surface area contributed by atoms with Crippen LogP contribution in [0.25, 0.3) is 0 Å². The molecule has 1 aromatic rings. The number of alkyl halides is 4. The van der Waals surface area contributed by atoms with Crippen LogP contribution in [0, 0.1) is 0 Å². The Morgan fingerprint density at radius 1 is 1.28 bits per heavy atom. The molecule has 100 valence electrons. The zero-order valence-electron chi connectivity index (χ0n) is 9.73. The highest BCUT2D eigenvalue weighted by Gasteiger charge is 2.35. The third-order valence-corrected chi connectivity index (χ3v) is 3.76. The Hall–Kier alpha value is -0.970. The van der Waals surface area contributed by atoms with Crippen molar-refractivity contribution in [1.82, 2.24) is 4.98 Å². The summed E-state index contributed by atoms with van der Waals surface area (Å²) in [7, 11) is 0. The number of pyridine rings is 1. The molecule has 0 aliphatic heterocycles. The van der Waals surface area contributed by atoms with Crippen molar-refractivity contribution in [1.29, 1.82) is 0 Å². The summed E-state index contributed by atoms with van der Waals surface area (Å²) in [5, 5.41) is 3.07. The predicted octanol–water partition coefficient (Wildman–Crippen LogP) is 4.06. The van der Waals surface area contributed by atoms with E-state index in [1.165, 1.54) is 6.07 Å². The summed E-state index contributed by atoms with van der Waals surface area (Å²) in [4.78, 5) is 3.61. The van der Waals surface area contributed by atoms with Crippen LogP contribution in [0.2, 0.25) is 0 Å². The zero-order chi connectivity index (χ0) is 13.2. The van der Waals surface area contributed by atoms with E-state index in [2.05, 4.69) is 10.3 Å². The Morgan fingerprint density at radius 3 is 2.50 bits per heavy atom. The fourth-order valence-electron chi connectivity index (χ4n) is 2.28. The Morgan fingerprint density at radius 2 is 1.94 bits per heavy atom. The standard InChI is InChI=1S/C12H14ClF3N2/c13-8-11(6-1-2-7-11)18-10-5-3-4-9(17-10)12(14,15)16/h3-5H,1-2,6-8H2,(H,17,18). The number of aromatic nitrogens is 1. The smallest absolute Gasteiger partial charge is 0.363 e. The van der Waals surface area contributed by atoms with Gasteiger partial charge in [0.1, 0.15) is 11.5 Å². The summed E-state index contributed by atoms with van der Waals surface area (Å²) in [6, 6.07) is 3.87. The summed E-state index contributed by atoms with van der Waals surface area (Å²) in [5.41, 5.74) is -1.19. The molecule has 2 nitrogen and oxygen atoms in total. The quantitative estimate of drug-likeness (QED) is 0.843. The second-order valence-corrected chi connectivity index (χ2v) is 4.92. The molecule has 1 N–H and O–H groups in total. The van der Waals surface area contributed by atoms with E-state index >= 15 is 0 Å². The molecule has 1 saturated carbocycles. The van der Waals surface area contributed by atoms with Crippen molar-refractivity contribution in [2.75, 3.05) is 11.2 Å². The number of hydrogen-bond donors (Lipinski definition) is 1. The molecule has 0 amide bonds. The molecule has 2 rings (SSSR count). The van der Waals surface area contributed by atoms with E-state index in [4.69, 9.17) is 11.6 Å². The second kappa shape index (κ2) is 4.96. The molecule has 0 bridgehead atoms. The maximum atomic E-state index is 12.5. The molecule has 18 heavy (non-hydrogen) atoms. The van der Waals surface area contributed by atoms with Gasteiger partial charge in [0.25, 0.3) is 0 Å². The molecule has 1 heterocycles. The number of rotatable bonds is 3. The van der Waals surface area contributed by atoms with Gasteiger partial charge in [-0.2, -0.15) is 13.2 Å². The van der Waals surface area contributed by atoms with Crippen LogP contribution in [0.5, 0.6) is 0 Å². The minimum atomic E-state index is -4.42. The van der Waals surface area contributed by atoms with Crippen LogP contribution >= 0.6 is 11.6 Å². The van der Waals surface area contributed by atoms with Gasteiger partial charge in [-0.3, -0.25) is 0 Å². The number of anilines is 1. The average Bonchev–Trinajstić information content (AvgIpc) is 2.77. The van der Waals surface area contributed by atoms with Gasteiger partial charge in [0.2, 0.25) is 0 Å². The number of halogens is 4. The van der Waals surface area contributed by atoms with Crippen LogP contribution in [0.1, 0.15) is 31.4 Å². The highest BCUT2D eigenvalue weighted by atomic mass is 35.5. The molecule has 0 saturated heterocycles. The summed E-state index contributed by atoms with van der Waals surface area (Å²) >= 11 is 5.93. The molecule has 0 aromatic carbocycles. The van der Waals surface area contributed by atoms with Crippen LogP contribution < -0.4 is 5.32 Å². The van der Waals surface area contributed by atoms with E-state index in [0.29, 0.717) is 5.88 Å². The fraction of sp³-hybridized carbons (Fsp3) is 0.583. The normalized spacial score (nSPS) is 18.9. The zero-order valence-corrected chi connectivity index (χ0v) is 10.5. The van der Waals surface area contributed by atoms with Crippen molar-refractivity contribution in [2.24, 2.45) is 0 Å². The van der Waals surface area contributed by atoms with Crippen LogP contribution in [-0.2, 0) is 6.18 Å². The van der Waals surface area contributed by atoms with Crippen molar-refractivity contribution in [3.63, 3.8) is 0 Å². The van der Waals surface area contributed by atoms with E-state index in [1.54, 1.807) is 6.07 Å². The lowest BCUT2D eigenvalue weighted by molar-refractivity contribution is -0.141. The Bertz CT molecular complexity index is 414. The van der Waals surface area contributed by atoms with Gasteiger partial charge >= 0.3 is 6.18 Å². The lowest BCUT2D eigenvalue weighted by atomic mass is 10.0. The van der Waals surface area contributed by atoms with E-state index in [9.17, 15) is 13.2 Å². The molecular weight excluding hydrogens is 265 g/mol. The summed E-state index contributed by atoms with van der Waals surface area (Å²) in [6.07, 6.45) is -0.596. The molecule has 1 aliphatic rings. The van der Waals surface area contributed by atoms with Crippen molar-refractivity contribution in [3.05, 3.63) is 23.9 Å². The fourth-order valence-corrected chi connectivity index (χ4v) is 2.61. The van der Waals surface area contributed by atoms with Gasteiger partial charge in [-0.05, 0) is 25.0 Å². The van der Waals surface area contributed by atoms with E-state index in [1.807, 2.05) is 0 Å². The van der Waals surface area contributed by atoms with Gasteiger partial charge in [-0.15, -0.1) is 11.6 Å². The first kappa shape index (κ1) is 13.5. The lowest BCUT2D eigenvalue weighted by Gasteiger charge is -2.28. The monoisotopic (exact) mass is 278 g/mol. The Kier molecular flexibility index (Phi) is 3.71. The van der Waals surface area contributed by atoms with Crippen LogP contribution in [-0.4, -0.2) is 16.4 Å². The molecule has 0 spiro atoms. The van der Waals surface area contributed by atoms with Crippen LogP contribution in [0.15, 0.2) is 18.2 Å². The predicted molar refractivity (Wildman–Crippen MR) is 64.8 cm³/mol. The van der Waals surface area contributed by atoms with E-state index < -0.39 is 11.9 Å². The van der Waals surface area contributed by atoms with E-state index in [-0.39, 0.29) is 11.4 Å². The minimum Gasteiger partial charge on any atom is -0.363 e. The van der Waals surface area contributed by atoms with Crippen molar-refractivity contribution >= 4 is 17.4 Å². The number of nitrogens with zero attached hydrogens (tertiary/aromatic N) is 1. The maximum absolute atomic E-state index is 12.5. The van der Waals surface area contributed by atoms with E-state index in [0.717, 1.165) is 31.7 Å². The third kappa shape index (κ3) is 2.88.